The summed E-state index contributed by atoms with van der Waals surface area (Å²) in [6.07, 6.45) is 6.69. The number of aliphatic hydroxyl groups excluding tert-OH is 1. The summed E-state index contributed by atoms with van der Waals surface area (Å²) >= 11 is 0. The second-order valence-corrected chi connectivity index (χ2v) is 8.33. The lowest BCUT2D eigenvalue weighted by atomic mass is 9.92. The van der Waals surface area contributed by atoms with E-state index in [2.05, 4.69) is 34.1 Å². The molecule has 166 valence electrons. The Morgan fingerprint density at radius 3 is 2.81 bits per heavy atom. The minimum Gasteiger partial charge on any atom is -0.393 e. The molecule has 2 N–H and O–H groups in total. The van der Waals surface area contributed by atoms with Gasteiger partial charge in [0, 0.05) is 18.7 Å². The number of hydrogen-bond donors (Lipinski definition) is 2. The Morgan fingerprint density at radius 2 is 2.00 bits per heavy atom. The van der Waals surface area contributed by atoms with E-state index in [-0.39, 0.29) is 12.0 Å². The highest BCUT2D eigenvalue weighted by atomic mass is 16.3. The van der Waals surface area contributed by atoms with Gasteiger partial charge in [-0.1, -0.05) is 18.1 Å². The van der Waals surface area contributed by atoms with E-state index < -0.39 is 5.91 Å². The molecule has 0 atom stereocenters. The predicted molar refractivity (Wildman–Crippen MR) is 124 cm³/mol. The van der Waals surface area contributed by atoms with Crippen LogP contribution < -0.4 is 10.2 Å². The molecule has 1 aliphatic heterocycles. The van der Waals surface area contributed by atoms with E-state index in [0.29, 0.717) is 35.2 Å². The quantitative estimate of drug-likeness (QED) is 0.572. The molecular formula is C25H28N4O3. The van der Waals surface area contributed by atoms with Crippen molar-refractivity contribution in [2.75, 3.05) is 23.8 Å². The predicted octanol–water partition coefficient (Wildman–Crippen LogP) is 3.33. The number of nitrogens with zero attached hydrogens (tertiary/aromatic N) is 3. The number of carbonyl (C=O) groups is 2. The van der Waals surface area contributed by atoms with E-state index >= 15 is 0 Å². The van der Waals surface area contributed by atoms with Gasteiger partial charge in [-0.25, -0.2) is 4.98 Å². The van der Waals surface area contributed by atoms with Crippen LogP contribution in [-0.4, -0.2) is 52.5 Å². The van der Waals surface area contributed by atoms with Crippen LogP contribution in [0.15, 0.2) is 42.6 Å². The molecule has 0 unspecified atom stereocenters. The van der Waals surface area contributed by atoms with E-state index in [9.17, 15) is 14.7 Å². The monoisotopic (exact) mass is 432 g/mol. The highest BCUT2D eigenvalue weighted by molar-refractivity contribution is 6.20. The normalized spacial score (nSPS) is 19.8. The summed E-state index contributed by atoms with van der Waals surface area (Å²) in [5.41, 5.74) is 1.35. The smallest absolute Gasteiger partial charge is 0.308 e. The molecule has 0 saturated heterocycles. The van der Waals surface area contributed by atoms with Crippen LogP contribution in [0.4, 0.5) is 17.2 Å². The van der Waals surface area contributed by atoms with Gasteiger partial charge in [-0.05, 0) is 75.9 Å². The molecule has 2 aliphatic rings. The number of fused-ring (bicyclic) bond motifs is 2. The van der Waals surface area contributed by atoms with Crippen LogP contribution in [0.2, 0.25) is 0 Å². The molecule has 1 fully saturated rings. The first-order valence-electron chi connectivity index (χ1n) is 11.1. The van der Waals surface area contributed by atoms with E-state index in [1.165, 1.54) is 4.90 Å². The Hall–Kier alpha value is -3.21. The van der Waals surface area contributed by atoms with Crippen LogP contribution in [0.5, 0.6) is 0 Å². The molecule has 32 heavy (non-hydrogen) atoms. The van der Waals surface area contributed by atoms with Crippen molar-refractivity contribution in [3.8, 4) is 11.8 Å². The maximum atomic E-state index is 13.1. The van der Waals surface area contributed by atoms with Crippen molar-refractivity contribution in [2.45, 2.75) is 50.7 Å². The summed E-state index contributed by atoms with van der Waals surface area (Å²) < 4.78 is 0. The molecule has 1 aromatic carbocycles. The van der Waals surface area contributed by atoms with Crippen LogP contribution in [0.1, 0.15) is 48.9 Å². The number of anilines is 3. The van der Waals surface area contributed by atoms with Crippen molar-refractivity contribution in [3.05, 3.63) is 48.2 Å². The third kappa shape index (κ3) is 4.82. The number of unbranched alkanes of at least 4 members (excludes halogenated alkanes) is 1. The van der Waals surface area contributed by atoms with Gasteiger partial charge in [0.1, 0.15) is 0 Å². The topological polar surface area (TPSA) is 85.8 Å². The van der Waals surface area contributed by atoms with E-state index in [1.807, 2.05) is 0 Å². The Balaban J connectivity index is 1.43. The zero-order chi connectivity index (χ0) is 22.5. The van der Waals surface area contributed by atoms with E-state index in [0.717, 1.165) is 38.6 Å². The van der Waals surface area contributed by atoms with Gasteiger partial charge in [0.2, 0.25) is 0 Å². The number of rotatable bonds is 4. The van der Waals surface area contributed by atoms with Gasteiger partial charge in [-0.3, -0.25) is 14.5 Å². The second kappa shape index (κ2) is 9.94. The largest absolute Gasteiger partial charge is 0.393 e. The molecule has 7 heteroatoms. The zero-order valence-electron chi connectivity index (χ0n) is 18.3. The molecular weight excluding hydrogens is 404 g/mol. The van der Waals surface area contributed by atoms with Crippen molar-refractivity contribution in [3.63, 3.8) is 0 Å². The number of aliphatic hydroxyl groups is 1. The lowest BCUT2D eigenvalue weighted by Crippen LogP contribution is -2.36. The molecule has 0 radical (unpaired) electrons. The Bertz CT molecular complexity index is 1050. The van der Waals surface area contributed by atoms with Gasteiger partial charge in [-0.15, -0.1) is 0 Å². The summed E-state index contributed by atoms with van der Waals surface area (Å²) in [6, 6.07) is 10.9. The molecule has 2 amide bonds. The summed E-state index contributed by atoms with van der Waals surface area (Å²) in [6.45, 7) is 0.902. The van der Waals surface area contributed by atoms with Gasteiger partial charge in [-0.2, -0.15) is 0 Å². The zero-order valence-corrected chi connectivity index (χ0v) is 18.3. The third-order valence-corrected chi connectivity index (χ3v) is 6.14. The summed E-state index contributed by atoms with van der Waals surface area (Å²) in [7, 11) is 2.11. The summed E-state index contributed by atoms with van der Waals surface area (Å²) in [5.74, 6) is 5.41. The van der Waals surface area contributed by atoms with Crippen LogP contribution in [-0.2, 0) is 4.79 Å². The van der Waals surface area contributed by atoms with E-state index in [1.54, 1.807) is 42.6 Å². The molecule has 7 nitrogen and oxygen atoms in total. The minimum absolute atomic E-state index is 0.147. The highest BCUT2D eigenvalue weighted by Crippen LogP contribution is 2.36. The maximum Gasteiger partial charge on any atom is 0.308 e. The number of hydrogen-bond acceptors (Lipinski definition) is 5. The lowest BCUT2D eigenvalue weighted by molar-refractivity contribution is -0.112. The number of benzene rings is 1. The average Bonchev–Trinajstić information content (AvgIpc) is 2.93. The van der Waals surface area contributed by atoms with Gasteiger partial charge in [0.15, 0.2) is 5.82 Å². The molecule has 1 saturated carbocycles. The number of aromatic nitrogens is 1. The summed E-state index contributed by atoms with van der Waals surface area (Å²) in [5, 5.41) is 12.5. The fraction of sp³-hybridized carbons (Fsp3) is 0.400. The Kier molecular flexibility index (Phi) is 6.84. The van der Waals surface area contributed by atoms with Gasteiger partial charge in [0.25, 0.3) is 5.91 Å². The number of para-hydroxylation sites is 1. The number of nitrogens with one attached hydrogen (secondary N) is 1. The first kappa shape index (κ1) is 22.0. The Labute approximate surface area is 188 Å². The highest BCUT2D eigenvalue weighted by Gasteiger charge is 2.29. The SMILES string of the molecule is CN(CCCC#CC(=O)N1c2ccccc2C(=O)Nc2cccnc21)C1CCC(O)CC1. The molecule has 2 heterocycles. The maximum absolute atomic E-state index is 13.1. The van der Waals surface area contributed by atoms with Crippen molar-refractivity contribution < 1.29 is 14.7 Å². The molecule has 1 aromatic heterocycles. The number of amides is 2. The van der Waals surface area contributed by atoms with Gasteiger partial charge < -0.3 is 15.3 Å². The lowest BCUT2D eigenvalue weighted by Gasteiger charge is -2.32. The first-order chi connectivity index (χ1) is 15.5. The molecule has 4 rings (SSSR count). The second-order valence-electron chi connectivity index (χ2n) is 8.33. The average molecular weight is 433 g/mol. The van der Waals surface area contributed by atoms with Crippen molar-refractivity contribution in [1.82, 2.24) is 9.88 Å². The number of carbonyl (C=O) groups excluding carboxylic acids is 2. The minimum atomic E-state index is -0.413. The van der Waals surface area contributed by atoms with Crippen molar-refractivity contribution in [1.29, 1.82) is 0 Å². The number of pyridine rings is 1. The first-order valence-corrected chi connectivity index (χ1v) is 11.1. The van der Waals surface area contributed by atoms with Crippen LogP contribution in [0.3, 0.4) is 0 Å². The molecule has 0 spiro atoms. The fourth-order valence-electron chi connectivity index (χ4n) is 4.34. The molecule has 0 bridgehead atoms. The van der Waals surface area contributed by atoms with Crippen molar-refractivity contribution in [2.24, 2.45) is 0 Å². The third-order valence-electron chi connectivity index (χ3n) is 6.14. The van der Waals surface area contributed by atoms with Crippen LogP contribution >= 0.6 is 0 Å². The molecule has 1 aliphatic carbocycles. The van der Waals surface area contributed by atoms with Gasteiger partial charge in [0.05, 0.1) is 23.0 Å². The standard InChI is InChI=1S/C25H28N4O3/c1-28(18-12-14-19(30)15-13-18)17-6-2-3-11-23(31)29-22-10-5-4-8-20(22)25(32)27-21-9-7-16-26-24(21)29/h4-5,7-10,16,18-19,30H,2,6,12-15,17H2,1H3,(H,27,32). The van der Waals surface area contributed by atoms with Crippen LogP contribution in [0.25, 0.3) is 0 Å². The Morgan fingerprint density at radius 1 is 1.22 bits per heavy atom. The summed E-state index contributed by atoms with van der Waals surface area (Å²) in [4.78, 5) is 33.8. The molecule has 2 aromatic rings. The van der Waals surface area contributed by atoms with E-state index in [4.69, 9.17) is 0 Å². The van der Waals surface area contributed by atoms with Crippen LogP contribution in [0, 0.1) is 11.8 Å². The van der Waals surface area contributed by atoms with Crippen molar-refractivity contribution >= 4 is 29.0 Å². The fourth-order valence-corrected chi connectivity index (χ4v) is 4.34. The van der Waals surface area contributed by atoms with Gasteiger partial charge >= 0.3 is 5.91 Å².